The molecule has 30 heavy (non-hydrogen) atoms. The van der Waals surface area contributed by atoms with E-state index in [0.29, 0.717) is 23.5 Å². The van der Waals surface area contributed by atoms with E-state index in [1.54, 1.807) is 30.3 Å². The van der Waals surface area contributed by atoms with Crippen LogP contribution in [0.3, 0.4) is 0 Å². The van der Waals surface area contributed by atoms with Crippen molar-refractivity contribution in [3.05, 3.63) is 58.7 Å². The number of carboxylic acid groups (broad SMARTS) is 1. The van der Waals surface area contributed by atoms with Crippen LogP contribution in [-0.2, 0) is 16.0 Å². The van der Waals surface area contributed by atoms with Gasteiger partial charge in [-0.3, -0.25) is 19.3 Å². The molecule has 0 bridgehead atoms. The van der Waals surface area contributed by atoms with E-state index in [0.717, 1.165) is 22.6 Å². The Labute approximate surface area is 173 Å². The van der Waals surface area contributed by atoms with Crippen molar-refractivity contribution in [1.82, 2.24) is 4.90 Å². The summed E-state index contributed by atoms with van der Waals surface area (Å²) in [5.41, 5.74) is 2.65. The van der Waals surface area contributed by atoms with E-state index >= 15 is 0 Å². The third kappa shape index (κ3) is 3.43. The summed E-state index contributed by atoms with van der Waals surface area (Å²) in [6, 6.07) is 10.4. The van der Waals surface area contributed by atoms with Crippen molar-refractivity contribution in [2.75, 3.05) is 13.2 Å². The number of aliphatic carboxylic acids is 1. The van der Waals surface area contributed by atoms with Gasteiger partial charge in [-0.05, 0) is 43.7 Å². The molecule has 1 atom stereocenters. The zero-order valence-corrected chi connectivity index (χ0v) is 16.7. The molecule has 0 spiro atoms. The molecule has 0 saturated carbocycles. The molecule has 0 aromatic heterocycles. The SMILES string of the molecule is CCOc1cc2c(cc1/C=C1\C(=O)N(CC(=O)O)C(=O)c3ccccc31)O[C@@H](C)C2. The molecule has 7 heteroatoms. The van der Waals surface area contributed by atoms with E-state index in [1.165, 1.54) is 0 Å². The molecule has 2 amide bonds. The molecule has 154 valence electrons. The Balaban J connectivity index is 1.87. The molecule has 2 aliphatic heterocycles. The molecule has 2 aliphatic rings. The highest BCUT2D eigenvalue weighted by Gasteiger charge is 2.36. The van der Waals surface area contributed by atoms with E-state index in [9.17, 15) is 14.4 Å². The zero-order valence-electron chi connectivity index (χ0n) is 16.7. The maximum absolute atomic E-state index is 13.1. The second-order valence-corrected chi connectivity index (χ2v) is 7.26. The Morgan fingerprint density at radius 1 is 1.23 bits per heavy atom. The second-order valence-electron chi connectivity index (χ2n) is 7.26. The number of benzene rings is 2. The van der Waals surface area contributed by atoms with Crippen LogP contribution >= 0.6 is 0 Å². The van der Waals surface area contributed by atoms with E-state index < -0.39 is 24.3 Å². The highest BCUT2D eigenvalue weighted by molar-refractivity contribution is 6.34. The van der Waals surface area contributed by atoms with Crippen LogP contribution in [0.15, 0.2) is 36.4 Å². The number of carboxylic acids is 1. The molecule has 0 fully saturated rings. The van der Waals surface area contributed by atoms with Crippen molar-refractivity contribution in [2.45, 2.75) is 26.4 Å². The number of hydrogen-bond donors (Lipinski definition) is 1. The molecule has 2 aromatic carbocycles. The van der Waals surface area contributed by atoms with Gasteiger partial charge in [0.1, 0.15) is 24.1 Å². The summed E-state index contributed by atoms with van der Waals surface area (Å²) in [6.07, 6.45) is 2.47. The fourth-order valence-corrected chi connectivity index (χ4v) is 3.82. The first kappa shape index (κ1) is 19.7. The Morgan fingerprint density at radius 2 is 1.97 bits per heavy atom. The molecule has 7 nitrogen and oxygen atoms in total. The fourth-order valence-electron chi connectivity index (χ4n) is 3.82. The number of fused-ring (bicyclic) bond motifs is 2. The lowest BCUT2D eigenvalue weighted by Crippen LogP contribution is -2.44. The maximum Gasteiger partial charge on any atom is 0.323 e. The van der Waals surface area contributed by atoms with Gasteiger partial charge in [-0.2, -0.15) is 0 Å². The highest BCUT2D eigenvalue weighted by atomic mass is 16.5. The average molecular weight is 407 g/mol. The number of ether oxygens (including phenoxy) is 2. The molecule has 1 N–H and O–H groups in total. The molecule has 4 rings (SSSR count). The van der Waals surface area contributed by atoms with Gasteiger partial charge in [0.2, 0.25) is 0 Å². The van der Waals surface area contributed by atoms with Crippen LogP contribution in [0.1, 0.15) is 40.9 Å². The number of carbonyl (C=O) groups is 3. The summed E-state index contributed by atoms with van der Waals surface area (Å²) in [4.78, 5) is 37.8. The van der Waals surface area contributed by atoms with Crippen molar-refractivity contribution in [3.63, 3.8) is 0 Å². The topological polar surface area (TPSA) is 93.1 Å². The molecule has 2 heterocycles. The van der Waals surface area contributed by atoms with Crippen LogP contribution in [0.2, 0.25) is 0 Å². The van der Waals surface area contributed by atoms with Crippen molar-refractivity contribution in [1.29, 1.82) is 0 Å². The summed E-state index contributed by atoms with van der Waals surface area (Å²) in [6.45, 7) is 3.60. The minimum Gasteiger partial charge on any atom is -0.493 e. The molecule has 0 radical (unpaired) electrons. The second kappa shape index (κ2) is 7.67. The van der Waals surface area contributed by atoms with Gasteiger partial charge in [0.05, 0.1) is 6.61 Å². The van der Waals surface area contributed by atoms with Crippen LogP contribution in [0, 0.1) is 0 Å². The molecular weight excluding hydrogens is 386 g/mol. The normalized spacial score (nSPS) is 18.8. The lowest BCUT2D eigenvalue weighted by Gasteiger charge is -2.27. The van der Waals surface area contributed by atoms with Gasteiger partial charge in [0.15, 0.2) is 0 Å². The fraction of sp³-hybridized carbons (Fsp3) is 0.261. The lowest BCUT2D eigenvalue weighted by atomic mass is 9.91. The predicted octanol–water partition coefficient (Wildman–Crippen LogP) is 3.02. The molecule has 0 saturated heterocycles. The molecule has 0 aliphatic carbocycles. The number of rotatable bonds is 5. The van der Waals surface area contributed by atoms with Crippen LogP contribution < -0.4 is 9.47 Å². The Bertz CT molecular complexity index is 1090. The van der Waals surface area contributed by atoms with Crippen molar-refractivity contribution < 1.29 is 29.0 Å². The Morgan fingerprint density at radius 3 is 2.67 bits per heavy atom. The summed E-state index contributed by atoms with van der Waals surface area (Å²) < 4.78 is 11.6. The van der Waals surface area contributed by atoms with E-state index in [-0.39, 0.29) is 17.2 Å². The molecular formula is C23H21NO6. The van der Waals surface area contributed by atoms with Gasteiger partial charge < -0.3 is 14.6 Å². The van der Waals surface area contributed by atoms with Crippen LogP contribution in [-0.4, -0.2) is 47.0 Å². The molecule has 0 unspecified atom stereocenters. The summed E-state index contributed by atoms with van der Waals surface area (Å²) >= 11 is 0. The monoisotopic (exact) mass is 407 g/mol. The van der Waals surface area contributed by atoms with Crippen molar-refractivity contribution in [3.8, 4) is 11.5 Å². The third-order valence-corrected chi connectivity index (χ3v) is 5.09. The minimum absolute atomic E-state index is 0.0538. The van der Waals surface area contributed by atoms with Crippen LogP contribution in [0.5, 0.6) is 11.5 Å². The van der Waals surface area contributed by atoms with E-state index in [4.69, 9.17) is 14.6 Å². The van der Waals surface area contributed by atoms with Gasteiger partial charge in [-0.25, -0.2) is 0 Å². The Hall–Kier alpha value is -3.61. The van der Waals surface area contributed by atoms with Crippen LogP contribution in [0.25, 0.3) is 11.6 Å². The van der Waals surface area contributed by atoms with Gasteiger partial charge in [-0.15, -0.1) is 0 Å². The number of nitrogens with zero attached hydrogens (tertiary/aromatic N) is 1. The highest BCUT2D eigenvalue weighted by Crippen LogP contribution is 2.38. The van der Waals surface area contributed by atoms with Crippen molar-refractivity contribution in [2.24, 2.45) is 0 Å². The lowest BCUT2D eigenvalue weighted by molar-refractivity contribution is -0.141. The number of hydrogen-bond acceptors (Lipinski definition) is 5. The first-order valence-corrected chi connectivity index (χ1v) is 9.74. The summed E-state index contributed by atoms with van der Waals surface area (Å²) in [7, 11) is 0. The standard InChI is InChI=1S/C23H21NO6/c1-3-29-19-10-14-8-13(2)30-20(14)11-15(19)9-18-16-6-4-5-7-17(16)22(27)24(23(18)28)12-21(25)26/h4-7,9-11,13H,3,8,12H2,1-2H3,(H,25,26)/b18-9-/t13-/m0/s1. The molecule has 2 aromatic rings. The van der Waals surface area contributed by atoms with Crippen LogP contribution in [0.4, 0.5) is 0 Å². The zero-order chi connectivity index (χ0) is 21.4. The summed E-state index contributed by atoms with van der Waals surface area (Å²) in [5, 5.41) is 9.17. The largest absolute Gasteiger partial charge is 0.493 e. The van der Waals surface area contributed by atoms with E-state index in [2.05, 4.69) is 0 Å². The first-order chi connectivity index (χ1) is 14.4. The number of amides is 2. The van der Waals surface area contributed by atoms with E-state index in [1.807, 2.05) is 26.0 Å². The first-order valence-electron chi connectivity index (χ1n) is 9.74. The quantitative estimate of drug-likeness (QED) is 0.605. The Kier molecular flexibility index (Phi) is 5.03. The predicted molar refractivity (Wildman–Crippen MR) is 109 cm³/mol. The average Bonchev–Trinajstić information content (AvgIpc) is 3.07. The maximum atomic E-state index is 13.1. The van der Waals surface area contributed by atoms with Gasteiger partial charge in [-0.1, -0.05) is 18.2 Å². The third-order valence-electron chi connectivity index (χ3n) is 5.09. The number of carbonyl (C=O) groups excluding carboxylic acids is 2. The van der Waals surface area contributed by atoms with Gasteiger partial charge >= 0.3 is 5.97 Å². The smallest absolute Gasteiger partial charge is 0.323 e. The van der Waals surface area contributed by atoms with Gasteiger partial charge in [0, 0.05) is 28.7 Å². The summed E-state index contributed by atoms with van der Waals surface area (Å²) in [5.74, 6) is -1.20. The minimum atomic E-state index is -1.26. The van der Waals surface area contributed by atoms with Gasteiger partial charge in [0.25, 0.3) is 11.8 Å². The van der Waals surface area contributed by atoms with Crippen molar-refractivity contribution >= 4 is 29.4 Å². The number of imide groups is 1.